The van der Waals surface area contributed by atoms with E-state index in [4.69, 9.17) is 4.74 Å². The summed E-state index contributed by atoms with van der Waals surface area (Å²) in [4.78, 5) is 11.5. The monoisotopic (exact) mass is 232 g/mol. The molecule has 0 atom stereocenters. The van der Waals surface area contributed by atoms with Crippen molar-refractivity contribution in [1.82, 2.24) is 0 Å². The molecule has 0 bridgehead atoms. The van der Waals surface area contributed by atoms with Gasteiger partial charge >= 0.3 is 5.97 Å². The first kappa shape index (κ1) is 12.8. The second-order valence-electron chi connectivity index (χ2n) is 4.65. The lowest BCUT2D eigenvalue weighted by Crippen LogP contribution is -2.86. The highest BCUT2D eigenvalue weighted by Crippen LogP contribution is 2.28. The molecule has 0 unspecified atom stereocenters. The van der Waals surface area contributed by atoms with Gasteiger partial charge in [-0.2, -0.15) is 11.8 Å². The number of nitrogens with two attached hydrogens (primary N) is 1. The molecule has 4 heteroatoms. The number of esters is 1. The summed E-state index contributed by atoms with van der Waals surface area (Å²) in [5.41, 5.74) is -0.291. The molecule has 1 saturated heterocycles. The Morgan fingerprint density at radius 2 is 2.07 bits per heavy atom. The van der Waals surface area contributed by atoms with Gasteiger partial charge in [0.15, 0.2) is 0 Å². The molecule has 0 radical (unpaired) electrons. The Labute approximate surface area is 96.3 Å². The van der Waals surface area contributed by atoms with E-state index in [1.165, 1.54) is 11.8 Å². The molecule has 0 aromatic heterocycles. The van der Waals surface area contributed by atoms with Gasteiger partial charge in [0.1, 0.15) is 5.60 Å². The van der Waals surface area contributed by atoms with Crippen molar-refractivity contribution >= 4 is 17.7 Å². The molecular formula is C11H22NO2S+. The summed E-state index contributed by atoms with van der Waals surface area (Å²) in [6.07, 6.45) is 4.23. The van der Waals surface area contributed by atoms with Gasteiger partial charge in [0.05, 0.1) is 18.8 Å². The Balaban J connectivity index is 2.45. The van der Waals surface area contributed by atoms with Crippen LogP contribution in [0.5, 0.6) is 0 Å². The lowest BCUT2D eigenvalue weighted by molar-refractivity contribution is -0.665. The highest BCUT2D eigenvalue weighted by Gasteiger charge is 2.34. The van der Waals surface area contributed by atoms with E-state index in [9.17, 15) is 4.79 Å². The summed E-state index contributed by atoms with van der Waals surface area (Å²) in [5.74, 6) is 0.901. The fraction of sp³-hybridized carbons (Fsp3) is 0.909. The number of carbonyl (C=O) groups excluding carboxylic acids is 1. The van der Waals surface area contributed by atoms with Crippen molar-refractivity contribution in [2.75, 3.05) is 25.1 Å². The zero-order valence-electron chi connectivity index (χ0n) is 9.91. The number of hydrogen-bond donors (Lipinski definition) is 1. The second-order valence-corrected chi connectivity index (χ2v) is 5.52. The fourth-order valence-electron chi connectivity index (χ4n) is 2.15. The van der Waals surface area contributed by atoms with Crippen LogP contribution in [0.4, 0.5) is 0 Å². The van der Waals surface area contributed by atoms with E-state index < -0.39 is 0 Å². The number of hydrogen-bond acceptors (Lipinski definition) is 3. The minimum absolute atomic E-state index is 0.0814. The average molecular weight is 232 g/mol. The summed E-state index contributed by atoms with van der Waals surface area (Å²) in [7, 11) is 0. The molecule has 1 aliphatic rings. The molecule has 0 spiro atoms. The molecule has 2 N–H and O–H groups in total. The van der Waals surface area contributed by atoms with E-state index in [0.29, 0.717) is 11.7 Å². The van der Waals surface area contributed by atoms with Gasteiger partial charge in [-0.05, 0) is 20.1 Å². The Bertz CT molecular complexity index is 213. The molecule has 0 aliphatic carbocycles. The first-order chi connectivity index (χ1) is 7.06. The van der Waals surface area contributed by atoms with Crippen molar-refractivity contribution in [2.45, 2.75) is 32.3 Å². The maximum absolute atomic E-state index is 11.5. The van der Waals surface area contributed by atoms with Crippen LogP contribution in [0.15, 0.2) is 0 Å². The summed E-state index contributed by atoms with van der Waals surface area (Å²) in [6, 6.07) is 0. The van der Waals surface area contributed by atoms with E-state index in [2.05, 4.69) is 5.32 Å². The van der Waals surface area contributed by atoms with Crippen LogP contribution in [-0.2, 0) is 9.53 Å². The van der Waals surface area contributed by atoms with Gasteiger partial charge < -0.3 is 10.1 Å². The van der Waals surface area contributed by atoms with Crippen LogP contribution in [-0.4, -0.2) is 36.7 Å². The summed E-state index contributed by atoms with van der Waals surface area (Å²) in [5, 5.41) is 2.33. The molecule has 0 aromatic carbocycles. The normalized spacial score (nSPS) is 18.9. The van der Waals surface area contributed by atoms with Crippen LogP contribution in [0.1, 0.15) is 26.7 Å². The van der Waals surface area contributed by atoms with Gasteiger partial charge in [0.2, 0.25) is 0 Å². The lowest BCUT2D eigenvalue weighted by Gasteiger charge is -2.35. The molecule has 1 aliphatic heterocycles. The SMILES string of the molecule is CSCC(=O)OC(C)(C)C1CC[NH2+]CC1. The molecule has 1 heterocycles. The number of piperidine rings is 1. The third kappa shape index (κ3) is 4.03. The Kier molecular flexibility index (Phi) is 4.93. The van der Waals surface area contributed by atoms with E-state index in [0.717, 1.165) is 25.9 Å². The Morgan fingerprint density at radius 3 is 2.60 bits per heavy atom. The summed E-state index contributed by atoms with van der Waals surface area (Å²) >= 11 is 1.52. The van der Waals surface area contributed by atoms with Crippen molar-refractivity contribution in [3.05, 3.63) is 0 Å². The predicted molar refractivity (Wildman–Crippen MR) is 62.9 cm³/mol. The second kappa shape index (κ2) is 5.75. The minimum Gasteiger partial charge on any atom is -0.459 e. The minimum atomic E-state index is -0.291. The summed E-state index contributed by atoms with van der Waals surface area (Å²) < 4.78 is 5.54. The molecule has 0 amide bonds. The van der Waals surface area contributed by atoms with E-state index in [1.54, 1.807) is 0 Å². The molecule has 1 rings (SSSR count). The molecule has 3 nitrogen and oxygen atoms in total. The maximum atomic E-state index is 11.5. The van der Waals surface area contributed by atoms with E-state index >= 15 is 0 Å². The zero-order valence-corrected chi connectivity index (χ0v) is 10.7. The van der Waals surface area contributed by atoms with E-state index in [1.807, 2.05) is 20.1 Å². The summed E-state index contributed by atoms with van der Waals surface area (Å²) in [6.45, 7) is 6.41. The topological polar surface area (TPSA) is 42.9 Å². The molecule has 1 fully saturated rings. The van der Waals surface area contributed by atoms with Crippen LogP contribution in [0.25, 0.3) is 0 Å². The highest BCUT2D eigenvalue weighted by molar-refractivity contribution is 7.99. The number of ether oxygens (including phenoxy) is 1. The predicted octanol–water partition coefficient (Wildman–Crippen LogP) is 0.645. The first-order valence-electron chi connectivity index (χ1n) is 5.58. The average Bonchev–Trinajstić information content (AvgIpc) is 2.18. The van der Waals surface area contributed by atoms with Crippen LogP contribution in [0.2, 0.25) is 0 Å². The molecule has 0 aromatic rings. The molecule has 0 saturated carbocycles. The van der Waals surface area contributed by atoms with Crippen molar-refractivity contribution in [3.8, 4) is 0 Å². The van der Waals surface area contributed by atoms with Crippen LogP contribution in [0.3, 0.4) is 0 Å². The van der Waals surface area contributed by atoms with Gasteiger partial charge in [-0.3, -0.25) is 4.79 Å². The van der Waals surface area contributed by atoms with Gasteiger partial charge in [-0.25, -0.2) is 0 Å². The van der Waals surface area contributed by atoms with Crippen LogP contribution in [0, 0.1) is 5.92 Å². The number of rotatable bonds is 4. The quantitative estimate of drug-likeness (QED) is 0.724. The maximum Gasteiger partial charge on any atom is 0.316 e. The molecule has 15 heavy (non-hydrogen) atoms. The Morgan fingerprint density at radius 1 is 1.47 bits per heavy atom. The number of quaternary nitrogens is 1. The number of carbonyl (C=O) groups is 1. The van der Waals surface area contributed by atoms with Crippen molar-refractivity contribution < 1.29 is 14.8 Å². The van der Waals surface area contributed by atoms with Crippen molar-refractivity contribution in [1.29, 1.82) is 0 Å². The standard InChI is InChI=1S/C11H21NO2S/c1-11(2,14-10(13)8-15-3)9-4-6-12-7-5-9/h9,12H,4-8H2,1-3H3/p+1. The molecular weight excluding hydrogens is 210 g/mol. The third-order valence-corrected chi connectivity index (χ3v) is 3.59. The number of thioether (sulfide) groups is 1. The first-order valence-corrected chi connectivity index (χ1v) is 6.98. The van der Waals surface area contributed by atoms with Crippen molar-refractivity contribution in [2.24, 2.45) is 5.92 Å². The zero-order chi connectivity index (χ0) is 11.3. The third-order valence-electron chi connectivity index (χ3n) is 3.06. The van der Waals surface area contributed by atoms with Crippen LogP contribution < -0.4 is 5.32 Å². The van der Waals surface area contributed by atoms with E-state index in [-0.39, 0.29) is 11.6 Å². The molecule has 88 valence electrons. The highest BCUT2D eigenvalue weighted by atomic mass is 32.2. The lowest BCUT2D eigenvalue weighted by atomic mass is 9.83. The van der Waals surface area contributed by atoms with Gasteiger partial charge in [-0.15, -0.1) is 0 Å². The van der Waals surface area contributed by atoms with Gasteiger partial charge in [0, 0.05) is 18.8 Å². The largest absolute Gasteiger partial charge is 0.459 e. The Hall–Kier alpha value is -0.220. The van der Waals surface area contributed by atoms with Crippen LogP contribution >= 0.6 is 11.8 Å². The van der Waals surface area contributed by atoms with Gasteiger partial charge in [0.25, 0.3) is 0 Å². The fourth-order valence-corrected chi connectivity index (χ4v) is 2.44. The smallest absolute Gasteiger partial charge is 0.316 e. The van der Waals surface area contributed by atoms with Crippen molar-refractivity contribution in [3.63, 3.8) is 0 Å². The van der Waals surface area contributed by atoms with Gasteiger partial charge in [-0.1, -0.05) is 0 Å².